The second-order valence-corrected chi connectivity index (χ2v) is 9.43. The van der Waals surface area contributed by atoms with Crippen molar-refractivity contribution in [1.82, 2.24) is 15.1 Å². The average molecular weight is 444 g/mol. The van der Waals surface area contributed by atoms with Gasteiger partial charge in [0.25, 0.3) is 0 Å². The number of aliphatic hydroxyl groups excluding tert-OH is 1. The van der Waals surface area contributed by atoms with E-state index in [9.17, 15) is 19.5 Å². The molecule has 2 heterocycles. The van der Waals surface area contributed by atoms with Gasteiger partial charge in [-0.25, -0.2) is 0 Å². The lowest BCUT2D eigenvalue weighted by atomic mass is 9.80. The highest BCUT2D eigenvalue weighted by molar-refractivity contribution is 6.00. The summed E-state index contributed by atoms with van der Waals surface area (Å²) in [5, 5.41) is 13.3. The molecule has 2 aliphatic heterocycles. The summed E-state index contributed by atoms with van der Waals surface area (Å²) >= 11 is 0. The molecule has 0 aliphatic carbocycles. The number of piperazine rings is 1. The van der Waals surface area contributed by atoms with E-state index in [1.165, 1.54) is 0 Å². The lowest BCUT2D eigenvalue weighted by Gasteiger charge is -2.52. The molecule has 2 saturated heterocycles. The lowest BCUT2D eigenvalue weighted by molar-refractivity contribution is -0.166. The minimum absolute atomic E-state index is 0.0828. The standard InChI is InChI=1S/C25H37N3O4/c1-4-5-15-28-23(31)21(22(30)18(2)3)26-24(32)25(28)13-16-27(17-14-25)20(29)12-11-19-9-7-6-8-10-19/h6-10,18,21-22,30H,4-5,11-17H2,1-3H3,(H,26,32)/t21-,22-/m1/s1. The molecule has 0 aromatic heterocycles. The second kappa shape index (κ2) is 10.5. The fraction of sp³-hybridized carbons (Fsp3) is 0.640. The smallest absolute Gasteiger partial charge is 0.248 e. The van der Waals surface area contributed by atoms with Crippen LogP contribution in [0.25, 0.3) is 0 Å². The van der Waals surface area contributed by atoms with Crippen LogP contribution in [0.2, 0.25) is 0 Å². The van der Waals surface area contributed by atoms with Gasteiger partial charge in [-0.05, 0) is 37.2 Å². The Balaban J connectivity index is 1.69. The van der Waals surface area contributed by atoms with Crippen molar-refractivity contribution in [3.63, 3.8) is 0 Å². The number of piperidine rings is 1. The van der Waals surface area contributed by atoms with Crippen molar-refractivity contribution in [2.45, 2.75) is 77.0 Å². The van der Waals surface area contributed by atoms with Crippen LogP contribution >= 0.6 is 0 Å². The van der Waals surface area contributed by atoms with Crippen LogP contribution in [0.4, 0.5) is 0 Å². The molecule has 0 unspecified atom stereocenters. The normalized spacial score (nSPS) is 21.7. The van der Waals surface area contributed by atoms with E-state index in [-0.39, 0.29) is 23.6 Å². The largest absolute Gasteiger partial charge is 0.390 e. The minimum Gasteiger partial charge on any atom is -0.390 e. The minimum atomic E-state index is -0.935. The summed E-state index contributed by atoms with van der Waals surface area (Å²) in [7, 11) is 0. The highest BCUT2D eigenvalue weighted by Gasteiger charge is 2.55. The number of hydrogen-bond acceptors (Lipinski definition) is 4. The molecular formula is C25H37N3O4. The average Bonchev–Trinajstić information content (AvgIpc) is 2.80. The van der Waals surface area contributed by atoms with E-state index in [0.29, 0.717) is 45.3 Å². The summed E-state index contributed by atoms with van der Waals surface area (Å²) in [6.07, 6.45) is 2.76. The van der Waals surface area contributed by atoms with Crippen LogP contribution in [0.15, 0.2) is 30.3 Å². The van der Waals surface area contributed by atoms with E-state index in [0.717, 1.165) is 18.4 Å². The van der Waals surface area contributed by atoms with Crippen molar-refractivity contribution >= 4 is 17.7 Å². The molecule has 0 bridgehead atoms. The van der Waals surface area contributed by atoms with Crippen LogP contribution < -0.4 is 5.32 Å². The number of aliphatic hydroxyl groups is 1. The number of rotatable bonds is 8. The van der Waals surface area contributed by atoms with Crippen molar-refractivity contribution in [2.75, 3.05) is 19.6 Å². The Morgan fingerprint density at radius 3 is 2.44 bits per heavy atom. The number of likely N-dealkylation sites (tertiary alicyclic amines) is 1. The molecule has 32 heavy (non-hydrogen) atoms. The number of nitrogens with one attached hydrogen (secondary N) is 1. The summed E-state index contributed by atoms with van der Waals surface area (Å²) in [5.41, 5.74) is 0.197. The molecule has 2 fully saturated rings. The molecule has 1 aromatic carbocycles. The maximum Gasteiger partial charge on any atom is 0.248 e. The fourth-order valence-corrected chi connectivity index (χ4v) is 4.77. The first-order valence-electron chi connectivity index (χ1n) is 11.9. The Bertz CT molecular complexity index is 803. The van der Waals surface area contributed by atoms with E-state index in [2.05, 4.69) is 12.2 Å². The summed E-state index contributed by atoms with van der Waals surface area (Å²) < 4.78 is 0. The van der Waals surface area contributed by atoms with Crippen LogP contribution in [-0.2, 0) is 20.8 Å². The number of aryl methyl sites for hydroxylation is 1. The van der Waals surface area contributed by atoms with Gasteiger partial charge in [0.15, 0.2) is 0 Å². The zero-order valence-corrected chi connectivity index (χ0v) is 19.5. The lowest BCUT2D eigenvalue weighted by Crippen LogP contribution is -2.75. The Labute approximate surface area is 191 Å². The van der Waals surface area contributed by atoms with E-state index in [1.807, 2.05) is 49.1 Å². The van der Waals surface area contributed by atoms with Gasteiger partial charge in [-0.15, -0.1) is 0 Å². The number of benzene rings is 1. The molecule has 1 aromatic rings. The maximum atomic E-state index is 13.3. The molecule has 1 spiro atoms. The van der Waals surface area contributed by atoms with Gasteiger partial charge in [0, 0.05) is 26.1 Å². The van der Waals surface area contributed by atoms with Crippen LogP contribution in [0, 0.1) is 5.92 Å². The monoisotopic (exact) mass is 443 g/mol. The molecule has 2 aliphatic rings. The highest BCUT2D eigenvalue weighted by atomic mass is 16.3. The predicted molar refractivity (Wildman–Crippen MR) is 123 cm³/mol. The predicted octanol–water partition coefficient (Wildman–Crippen LogP) is 2.12. The Morgan fingerprint density at radius 2 is 1.84 bits per heavy atom. The Morgan fingerprint density at radius 1 is 1.19 bits per heavy atom. The first kappa shape index (κ1) is 24.2. The number of carbonyl (C=O) groups is 3. The van der Waals surface area contributed by atoms with Crippen LogP contribution in [-0.4, -0.2) is 69.9 Å². The van der Waals surface area contributed by atoms with E-state index in [4.69, 9.17) is 0 Å². The molecule has 7 heteroatoms. The quantitative estimate of drug-likeness (QED) is 0.644. The number of carbonyl (C=O) groups excluding carboxylic acids is 3. The topological polar surface area (TPSA) is 90.0 Å². The van der Waals surface area contributed by atoms with Crippen molar-refractivity contribution in [1.29, 1.82) is 0 Å². The zero-order valence-electron chi connectivity index (χ0n) is 19.5. The molecule has 0 radical (unpaired) electrons. The molecule has 0 saturated carbocycles. The van der Waals surface area contributed by atoms with Gasteiger partial charge in [-0.1, -0.05) is 57.5 Å². The Hall–Kier alpha value is -2.41. The van der Waals surface area contributed by atoms with Gasteiger partial charge in [-0.3, -0.25) is 14.4 Å². The number of nitrogens with zero attached hydrogens (tertiary/aromatic N) is 2. The SMILES string of the molecule is CCCCN1C(=O)[C@@H]([C@H](O)C(C)C)NC(=O)C12CCN(C(=O)CCc1ccccc1)CC2. The van der Waals surface area contributed by atoms with Gasteiger partial charge in [0.2, 0.25) is 17.7 Å². The Kier molecular flexibility index (Phi) is 7.93. The summed E-state index contributed by atoms with van der Waals surface area (Å²) in [4.78, 5) is 42.9. The third-order valence-corrected chi connectivity index (χ3v) is 6.93. The van der Waals surface area contributed by atoms with Gasteiger partial charge < -0.3 is 20.2 Å². The van der Waals surface area contributed by atoms with Crippen LogP contribution in [0.5, 0.6) is 0 Å². The maximum absolute atomic E-state index is 13.3. The van der Waals surface area contributed by atoms with Crippen molar-refractivity contribution < 1.29 is 19.5 Å². The van der Waals surface area contributed by atoms with Crippen LogP contribution in [0.1, 0.15) is 58.4 Å². The first-order valence-corrected chi connectivity index (χ1v) is 11.9. The first-order chi connectivity index (χ1) is 15.3. The molecule has 2 N–H and O–H groups in total. The van der Waals surface area contributed by atoms with E-state index >= 15 is 0 Å². The van der Waals surface area contributed by atoms with Crippen molar-refractivity contribution in [3.8, 4) is 0 Å². The van der Waals surface area contributed by atoms with E-state index in [1.54, 1.807) is 4.90 Å². The molecule has 3 amide bonds. The molecular weight excluding hydrogens is 406 g/mol. The summed E-state index contributed by atoms with van der Waals surface area (Å²) in [6.45, 7) is 7.12. The summed E-state index contributed by atoms with van der Waals surface area (Å²) in [5.74, 6) is -0.465. The number of amides is 3. The summed E-state index contributed by atoms with van der Waals surface area (Å²) in [6, 6.07) is 9.03. The van der Waals surface area contributed by atoms with Gasteiger partial charge in [-0.2, -0.15) is 0 Å². The second-order valence-electron chi connectivity index (χ2n) is 9.43. The molecule has 176 valence electrons. The third-order valence-electron chi connectivity index (χ3n) is 6.93. The molecule has 3 rings (SSSR count). The van der Waals surface area contributed by atoms with Crippen LogP contribution in [0.3, 0.4) is 0 Å². The van der Waals surface area contributed by atoms with E-state index < -0.39 is 17.7 Å². The van der Waals surface area contributed by atoms with Gasteiger partial charge >= 0.3 is 0 Å². The molecule has 2 atom stereocenters. The number of unbranched alkanes of at least 4 members (excludes halogenated alkanes) is 1. The molecule has 7 nitrogen and oxygen atoms in total. The van der Waals surface area contributed by atoms with Gasteiger partial charge in [0.05, 0.1) is 6.10 Å². The zero-order chi connectivity index (χ0) is 23.3. The van der Waals surface area contributed by atoms with Crippen molar-refractivity contribution in [3.05, 3.63) is 35.9 Å². The highest BCUT2D eigenvalue weighted by Crippen LogP contribution is 2.34. The van der Waals surface area contributed by atoms with Crippen molar-refractivity contribution in [2.24, 2.45) is 5.92 Å². The third kappa shape index (κ3) is 4.98. The number of hydrogen-bond donors (Lipinski definition) is 2. The van der Waals surface area contributed by atoms with Gasteiger partial charge in [0.1, 0.15) is 11.6 Å². The fourth-order valence-electron chi connectivity index (χ4n) is 4.77.